The molecule has 3 aromatic rings. The van der Waals surface area contributed by atoms with Gasteiger partial charge in [-0.1, -0.05) is 37.3 Å². The Morgan fingerprint density at radius 2 is 1.86 bits per heavy atom. The molecular weight excluding hydrogens is 378 g/mol. The summed E-state index contributed by atoms with van der Waals surface area (Å²) in [5.74, 6) is -0.350. The molecule has 0 aliphatic rings. The van der Waals surface area contributed by atoms with Crippen LogP contribution in [0.2, 0.25) is 0 Å². The van der Waals surface area contributed by atoms with E-state index in [4.69, 9.17) is 9.47 Å². The number of aromatic nitrogens is 2. The molecule has 152 valence electrons. The maximum absolute atomic E-state index is 12.9. The predicted octanol–water partition coefficient (Wildman–Crippen LogP) is 5.19. The van der Waals surface area contributed by atoms with Gasteiger partial charge in [0.25, 0.3) is 0 Å². The van der Waals surface area contributed by atoms with E-state index in [1.165, 1.54) is 6.07 Å². The molecule has 7 heteroatoms. The summed E-state index contributed by atoms with van der Waals surface area (Å²) in [4.78, 5) is 12.4. The monoisotopic (exact) mass is 400 g/mol. The van der Waals surface area contributed by atoms with Crippen LogP contribution in [0.25, 0.3) is 16.8 Å². The Labute approximate surface area is 167 Å². The van der Waals surface area contributed by atoms with Crippen LogP contribution in [0.1, 0.15) is 35.6 Å². The number of hydrogen-bond donors (Lipinski definition) is 0. The summed E-state index contributed by atoms with van der Waals surface area (Å²) in [6, 6.07) is 14.0. The number of aryl methyl sites for hydroxylation is 1. The molecule has 0 radical (unpaired) electrons. The molecule has 0 spiro atoms. The van der Waals surface area contributed by atoms with Gasteiger partial charge in [-0.3, -0.25) is 0 Å². The third kappa shape index (κ3) is 4.29. The third-order valence-electron chi connectivity index (χ3n) is 4.48. The molecule has 5 nitrogen and oxygen atoms in total. The Morgan fingerprint density at radius 1 is 1.14 bits per heavy atom. The molecule has 1 aromatic heterocycles. The van der Waals surface area contributed by atoms with Crippen molar-refractivity contribution in [1.82, 2.24) is 9.78 Å². The van der Waals surface area contributed by atoms with Gasteiger partial charge in [0.1, 0.15) is 11.3 Å². The highest BCUT2D eigenvalue weighted by Crippen LogP contribution is 2.34. The van der Waals surface area contributed by atoms with Gasteiger partial charge in [-0.15, -0.1) is 0 Å². The van der Waals surface area contributed by atoms with Crippen molar-refractivity contribution in [1.29, 1.82) is 0 Å². The first-order valence-corrected chi connectivity index (χ1v) is 9.36. The van der Waals surface area contributed by atoms with E-state index >= 15 is 0 Å². The molecule has 1 heterocycles. The van der Waals surface area contributed by atoms with Crippen LogP contribution in [0.4, 0.5) is 8.78 Å². The number of hydrogen-bond acceptors (Lipinski definition) is 4. The average molecular weight is 400 g/mol. The van der Waals surface area contributed by atoms with Crippen LogP contribution in [-0.2, 0) is 11.2 Å². The Hall–Kier alpha value is -3.22. The normalized spacial score (nSPS) is 11.0. The molecule has 0 fully saturated rings. The molecule has 0 aliphatic heterocycles. The van der Waals surface area contributed by atoms with Gasteiger partial charge in [0.05, 0.1) is 23.7 Å². The Kier molecular flexibility index (Phi) is 6.26. The predicted molar refractivity (Wildman–Crippen MR) is 106 cm³/mol. The highest BCUT2D eigenvalue weighted by atomic mass is 19.3. The van der Waals surface area contributed by atoms with Crippen molar-refractivity contribution >= 4 is 5.97 Å². The van der Waals surface area contributed by atoms with E-state index in [1.54, 1.807) is 30.7 Å². The molecule has 0 saturated carbocycles. The summed E-state index contributed by atoms with van der Waals surface area (Å²) in [6.07, 6.45) is 0.547. The highest BCUT2D eigenvalue weighted by Gasteiger charge is 2.23. The van der Waals surface area contributed by atoms with Crippen LogP contribution in [-0.4, -0.2) is 29.0 Å². The number of carbonyl (C=O) groups is 1. The molecule has 0 atom stereocenters. The zero-order valence-corrected chi connectivity index (χ0v) is 16.5. The molecule has 0 aliphatic carbocycles. The van der Waals surface area contributed by atoms with Gasteiger partial charge in [-0.05, 0) is 44.0 Å². The first-order valence-electron chi connectivity index (χ1n) is 9.36. The third-order valence-corrected chi connectivity index (χ3v) is 4.48. The first-order chi connectivity index (χ1) is 14.0. The fourth-order valence-electron chi connectivity index (χ4n) is 3.28. The second-order valence-corrected chi connectivity index (χ2v) is 6.32. The number of esters is 1. The van der Waals surface area contributed by atoms with E-state index in [2.05, 4.69) is 5.10 Å². The topological polar surface area (TPSA) is 53.3 Å². The lowest BCUT2D eigenvalue weighted by molar-refractivity contribution is -0.0494. The molecule has 29 heavy (non-hydrogen) atoms. The molecule has 2 aromatic carbocycles. The van der Waals surface area contributed by atoms with Gasteiger partial charge in [0, 0.05) is 5.56 Å². The van der Waals surface area contributed by atoms with Crippen molar-refractivity contribution < 1.29 is 23.0 Å². The molecule has 0 unspecified atom stereocenters. The summed E-state index contributed by atoms with van der Waals surface area (Å²) in [7, 11) is 0. The maximum Gasteiger partial charge on any atom is 0.387 e. The number of rotatable bonds is 7. The zero-order valence-electron chi connectivity index (χ0n) is 16.5. The molecule has 3 rings (SSSR count). The van der Waals surface area contributed by atoms with Gasteiger partial charge in [0.15, 0.2) is 0 Å². The smallest absolute Gasteiger partial charge is 0.387 e. The summed E-state index contributed by atoms with van der Waals surface area (Å²) in [6.45, 7) is 2.75. The van der Waals surface area contributed by atoms with Gasteiger partial charge in [0.2, 0.25) is 0 Å². The van der Waals surface area contributed by atoms with E-state index < -0.39 is 12.6 Å². The van der Waals surface area contributed by atoms with Gasteiger partial charge >= 0.3 is 12.6 Å². The lowest BCUT2D eigenvalue weighted by Crippen LogP contribution is -2.10. The van der Waals surface area contributed by atoms with Crippen molar-refractivity contribution in [2.24, 2.45) is 0 Å². The fraction of sp³-hybridized carbons (Fsp3) is 0.273. The Bertz CT molecular complexity index is 1000. The number of ether oxygens (including phenoxy) is 2. The van der Waals surface area contributed by atoms with E-state index in [0.29, 0.717) is 34.6 Å². The van der Waals surface area contributed by atoms with Crippen LogP contribution in [0.3, 0.4) is 0 Å². The number of nitrogens with zero attached hydrogens (tertiary/aromatic N) is 2. The van der Waals surface area contributed by atoms with Crippen LogP contribution in [0.5, 0.6) is 5.75 Å². The minimum Gasteiger partial charge on any atom is -0.462 e. The Balaban J connectivity index is 2.15. The highest BCUT2D eigenvalue weighted by molar-refractivity contribution is 5.92. The SMILES string of the molecule is CCOC(=O)c1c(C)nn(-c2ccc(OC(F)F)c(-c3ccccc3)c2)c1CC. The minimum absolute atomic E-state index is 0.0718. The summed E-state index contributed by atoms with van der Waals surface area (Å²) < 4.78 is 37.3. The molecular formula is C22H22F2N2O3. The zero-order chi connectivity index (χ0) is 21.0. The van der Waals surface area contributed by atoms with Crippen molar-refractivity contribution in [3.05, 3.63) is 65.5 Å². The van der Waals surface area contributed by atoms with Crippen LogP contribution < -0.4 is 4.74 Å². The standard InChI is InChI=1S/C22H22F2N2O3/c1-4-18-20(21(27)28-5-2)14(3)25-26(18)16-11-12-19(29-22(23)24)17(13-16)15-9-7-6-8-10-15/h6-13,22H,4-5H2,1-3H3. The van der Waals surface area contributed by atoms with E-state index in [-0.39, 0.29) is 12.4 Å². The second-order valence-electron chi connectivity index (χ2n) is 6.32. The van der Waals surface area contributed by atoms with Crippen LogP contribution in [0.15, 0.2) is 48.5 Å². The quantitative estimate of drug-likeness (QED) is 0.512. The largest absolute Gasteiger partial charge is 0.462 e. The lowest BCUT2D eigenvalue weighted by Gasteiger charge is -2.14. The van der Waals surface area contributed by atoms with Gasteiger partial charge < -0.3 is 9.47 Å². The fourth-order valence-corrected chi connectivity index (χ4v) is 3.28. The number of carbonyl (C=O) groups excluding carboxylic acids is 1. The van der Waals surface area contributed by atoms with E-state index in [0.717, 1.165) is 5.56 Å². The van der Waals surface area contributed by atoms with Crippen molar-refractivity contribution in [3.63, 3.8) is 0 Å². The summed E-state index contributed by atoms with van der Waals surface area (Å²) in [5.41, 5.74) is 3.57. The number of halogens is 2. The van der Waals surface area contributed by atoms with Crippen LogP contribution in [0, 0.1) is 6.92 Å². The van der Waals surface area contributed by atoms with E-state index in [9.17, 15) is 13.6 Å². The summed E-state index contributed by atoms with van der Waals surface area (Å²) in [5, 5.41) is 4.51. The Morgan fingerprint density at radius 3 is 2.48 bits per heavy atom. The molecule has 0 saturated heterocycles. The number of benzene rings is 2. The van der Waals surface area contributed by atoms with Crippen LogP contribution >= 0.6 is 0 Å². The second kappa shape index (κ2) is 8.86. The van der Waals surface area contributed by atoms with Crippen molar-refractivity contribution in [2.45, 2.75) is 33.8 Å². The maximum atomic E-state index is 12.9. The lowest BCUT2D eigenvalue weighted by atomic mass is 10.0. The molecule has 0 amide bonds. The van der Waals surface area contributed by atoms with Crippen molar-refractivity contribution in [3.8, 4) is 22.6 Å². The summed E-state index contributed by atoms with van der Waals surface area (Å²) >= 11 is 0. The van der Waals surface area contributed by atoms with Gasteiger partial charge in [-0.25, -0.2) is 9.48 Å². The van der Waals surface area contributed by atoms with Gasteiger partial charge in [-0.2, -0.15) is 13.9 Å². The first kappa shape index (κ1) is 20.5. The number of alkyl halides is 2. The molecule has 0 N–H and O–H groups in total. The minimum atomic E-state index is -2.93. The average Bonchev–Trinajstić information content (AvgIpc) is 3.05. The molecule has 0 bridgehead atoms. The van der Waals surface area contributed by atoms with Crippen molar-refractivity contribution in [2.75, 3.05) is 6.61 Å². The van der Waals surface area contributed by atoms with E-state index in [1.807, 2.05) is 37.3 Å².